The van der Waals surface area contributed by atoms with E-state index in [9.17, 15) is 19.5 Å². The molecule has 1 amide bonds. The van der Waals surface area contributed by atoms with E-state index in [1.165, 1.54) is 12.0 Å². The number of nitrogens with zero attached hydrogens (tertiary/aromatic N) is 1. The molecular weight excluding hydrogens is 430 g/mol. The summed E-state index contributed by atoms with van der Waals surface area (Å²) < 4.78 is 9.94. The SMILES string of the molecule is CCOC(=O)c1ccc(Cl)cc1SC1CCC2CN(C(=O)OC)C(C(=O)O)CC2C1. The van der Waals surface area contributed by atoms with Gasteiger partial charge in [-0.3, -0.25) is 4.90 Å². The summed E-state index contributed by atoms with van der Waals surface area (Å²) in [5, 5.41) is 10.4. The van der Waals surface area contributed by atoms with Gasteiger partial charge in [0.15, 0.2) is 0 Å². The molecule has 0 spiro atoms. The number of carboxylic acid groups (broad SMARTS) is 1. The Morgan fingerprint density at radius 3 is 2.67 bits per heavy atom. The van der Waals surface area contributed by atoms with E-state index in [4.69, 9.17) is 21.1 Å². The second-order valence-corrected chi connectivity index (χ2v) is 9.42. The molecule has 1 saturated carbocycles. The van der Waals surface area contributed by atoms with Crippen LogP contribution in [0.5, 0.6) is 0 Å². The number of benzene rings is 1. The van der Waals surface area contributed by atoms with Crippen molar-refractivity contribution in [1.82, 2.24) is 4.90 Å². The molecule has 1 saturated heterocycles. The van der Waals surface area contributed by atoms with Crippen molar-refractivity contribution >= 4 is 41.4 Å². The molecular formula is C21H26ClNO6S. The monoisotopic (exact) mass is 455 g/mol. The number of carbonyl (C=O) groups is 3. The third-order valence-corrected chi connectivity index (χ3v) is 7.44. The molecule has 1 aromatic rings. The molecule has 2 aliphatic rings. The zero-order chi connectivity index (χ0) is 21.8. The van der Waals surface area contributed by atoms with Crippen LogP contribution in [-0.2, 0) is 14.3 Å². The maximum atomic E-state index is 12.3. The average Bonchev–Trinajstić information content (AvgIpc) is 2.72. The third-order valence-electron chi connectivity index (χ3n) is 5.85. The highest BCUT2D eigenvalue weighted by atomic mass is 35.5. The van der Waals surface area contributed by atoms with Gasteiger partial charge in [0.05, 0.1) is 19.3 Å². The summed E-state index contributed by atoms with van der Waals surface area (Å²) in [4.78, 5) is 38.2. The van der Waals surface area contributed by atoms with Crippen LogP contribution in [0.2, 0.25) is 5.02 Å². The van der Waals surface area contributed by atoms with E-state index >= 15 is 0 Å². The van der Waals surface area contributed by atoms with Gasteiger partial charge in [0.25, 0.3) is 0 Å². The Morgan fingerprint density at radius 1 is 1.23 bits per heavy atom. The van der Waals surface area contributed by atoms with E-state index in [2.05, 4.69) is 0 Å². The highest BCUT2D eigenvalue weighted by Crippen LogP contribution is 2.45. The number of carboxylic acids is 1. The lowest BCUT2D eigenvalue weighted by Crippen LogP contribution is -2.54. The summed E-state index contributed by atoms with van der Waals surface area (Å²) in [5.74, 6) is -0.931. The summed E-state index contributed by atoms with van der Waals surface area (Å²) in [6, 6.07) is 4.27. The number of hydrogen-bond acceptors (Lipinski definition) is 6. The molecule has 7 nitrogen and oxygen atoms in total. The molecule has 0 bridgehead atoms. The van der Waals surface area contributed by atoms with E-state index in [0.29, 0.717) is 30.2 Å². The molecule has 1 heterocycles. The molecule has 164 valence electrons. The first-order valence-corrected chi connectivity index (χ1v) is 11.3. The molecule has 2 fully saturated rings. The fourth-order valence-electron chi connectivity index (χ4n) is 4.42. The zero-order valence-corrected chi connectivity index (χ0v) is 18.6. The van der Waals surface area contributed by atoms with Gasteiger partial charge in [0.1, 0.15) is 6.04 Å². The van der Waals surface area contributed by atoms with E-state index in [1.54, 1.807) is 36.9 Å². The minimum atomic E-state index is -1.01. The number of esters is 1. The van der Waals surface area contributed by atoms with Gasteiger partial charge >= 0.3 is 18.0 Å². The van der Waals surface area contributed by atoms with Gasteiger partial charge in [-0.2, -0.15) is 0 Å². The first kappa shape index (κ1) is 22.7. The summed E-state index contributed by atoms with van der Waals surface area (Å²) in [6.45, 7) is 2.46. The van der Waals surface area contributed by atoms with E-state index in [-0.39, 0.29) is 23.1 Å². The quantitative estimate of drug-likeness (QED) is 0.661. The fourth-order valence-corrected chi connectivity index (χ4v) is 6.08. The number of piperidine rings is 1. The van der Waals surface area contributed by atoms with Crippen molar-refractivity contribution in [3.05, 3.63) is 28.8 Å². The van der Waals surface area contributed by atoms with E-state index in [1.807, 2.05) is 0 Å². The van der Waals surface area contributed by atoms with Gasteiger partial charge in [0.2, 0.25) is 0 Å². The molecule has 0 radical (unpaired) electrons. The molecule has 1 aliphatic heterocycles. The van der Waals surface area contributed by atoms with Gasteiger partial charge in [-0.1, -0.05) is 11.6 Å². The predicted octanol–water partition coefficient (Wildman–Crippen LogP) is 4.32. The number of carbonyl (C=O) groups excluding carboxylic acids is 2. The lowest BCUT2D eigenvalue weighted by Gasteiger charge is -2.45. The maximum absolute atomic E-state index is 12.3. The Hall–Kier alpha value is -1.93. The molecule has 4 unspecified atom stereocenters. The summed E-state index contributed by atoms with van der Waals surface area (Å²) in [6.07, 6.45) is 2.44. The van der Waals surface area contributed by atoms with Crippen LogP contribution >= 0.6 is 23.4 Å². The molecule has 1 aromatic carbocycles. The van der Waals surface area contributed by atoms with Crippen LogP contribution < -0.4 is 0 Å². The normalized spacial score (nSPS) is 25.9. The van der Waals surface area contributed by atoms with Gasteiger partial charge in [-0.25, -0.2) is 14.4 Å². The Kier molecular flexibility index (Phi) is 7.52. The van der Waals surface area contributed by atoms with Crippen molar-refractivity contribution in [3.8, 4) is 0 Å². The fraction of sp³-hybridized carbons (Fsp3) is 0.571. The Bertz CT molecular complexity index is 819. The molecule has 0 aromatic heterocycles. The second kappa shape index (κ2) is 9.92. The highest BCUT2D eigenvalue weighted by Gasteiger charge is 2.44. The summed E-state index contributed by atoms with van der Waals surface area (Å²) >= 11 is 7.76. The second-order valence-electron chi connectivity index (χ2n) is 7.65. The number of methoxy groups -OCH3 is 1. The predicted molar refractivity (Wildman–Crippen MR) is 113 cm³/mol. The molecule has 4 atom stereocenters. The number of amides is 1. The molecule has 30 heavy (non-hydrogen) atoms. The lowest BCUT2D eigenvalue weighted by atomic mass is 9.73. The highest BCUT2D eigenvalue weighted by molar-refractivity contribution is 8.00. The van der Waals surface area contributed by atoms with Crippen LogP contribution in [0.1, 0.15) is 43.0 Å². The largest absolute Gasteiger partial charge is 0.480 e. The van der Waals surface area contributed by atoms with Crippen molar-refractivity contribution < 1.29 is 29.0 Å². The first-order valence-electron chi connectivity index (χ1n) is 10.0. The van der Waals surface area contributed by atoms with Gasteiger partial charge in [-0.05, 0) is 62.6 Å². The Morgan fingerprint density at radius 2 is 2.00 bits per heavy atom. The standard InChI is InChI=1S/C21H26ClNO6S/c1-3-29-20(26)16-7-5-14(22)10-18(16)30-15-6-4-12-11-23(21(27)28-2)17(19(24)25)9-13(12)8-15/h5,7,10,12-13,15,17H,3-4,6,8-9,11H2,1-2H3,(H,24,25). The number of hydrogen-bond donors (Lipinski definition) is 1. The van der Waals surface area contributed by atoms with Crippen LogP contribution in [0.3, 0.4) is 0 Å². The van der Waals surface area contributed by atoms with Crippen LogP contribution in [0.25, 0.3) is 0 Å². The Balaban J connectivity index is 1.73. The summed E-state index contributed by atoms with van der Waals surface area (Å²) in [5.41, 5.74) is 0.497. The number of ether oxygens (including phenoxy) is 2. The maximum Gasteiger partial charge on any atom is 0.410 e. The average molecular weight is 456 g/mol. The van der Waals surface area contributed by atoms with Gasteiger partial charge in [-0.15, -0.1) is 11.8 Å². The first-order chi connectivity index (χ1) is 14.3. The van der Waals surface area contributed by atoms with Crippen LogP contribution in [-0.4, -0.2) is 59.6 Å². The van der Waals surface area contributed by atoms with Gasteiger partial charge < -0.3 is 14.6 Å². The van der Waals surface area contributed by atoms with Crippen molar-refractivity contribution in [2.24, 2.45) is 11.8 Å². The zero-order valence-electron chi connectivity index (χ0n) is 17.0. The number of fused-ring (bicyclic) bond motifs is 1. The lowest BCUT2D eigenvalue weighted by molar-refractivity contribution is -0.145. The van der Waals surface area contributed by atoms with Crippen LogP contribution in [0.15, 0.2) is 23.1 Å². The smallest absolute Gasteiger partial charge is 0.410 e. The van der Waals surface area contributed by atoms with Crippen molar-refractivity contribution in [1.29, 1.82) is 0 Å². The third kappa shape index (κ3) is 5.03. The van der Waals surface area contributed by atoms with Crippen LogP contribution in [0, 0.1) is 11.8 Å². The molecule has 1 N–H and O–H groups in total. The Labute approximate surface area is 185 Å². The summed E-state index contributed by atoms with van der Waals surface area (Å²) in [7, 11) is 1.27. The molecule has 3 rings (SSSR count). The van der Waals surface area contributed by atoms with Crippen molar-refractivity contribution in [2.45, 2.75) is 48.8 Å². The van der Waals surface area contributed by atoms with Gasteiger partial charge in [0, 0.05) is 21.7 Å². The molecule has 9 heteroatoms. The van der Waals surface area contributed by atoms with Crippen LogP contribution in [0.4, 0.5) is 4.79 Å². The minimum absolute atomic E-state index is 0.198. The number of likely N-dealkylation sites (tertiary alicyclic amines) is 1. The van der Waals surface area contributed by atoms with E-state index in [0.717, 1.165) is 24.2 Å². The number of thioether (sulfide) groups is 1. The molecule has 1 aliphatic carbocycles. The van der Waals surface area contributed by atoms with Crippen molar-refractivity contribution in [2.75, 3.05) is 20.3 Å². The topological polar surface area (TPSA) is 93.1 Å². The number of halogens is 1. The van der Waals surface area contributed by atoms with E-state index < -0.39 is 18.1 Å². The van der Waals surface area contributed by atoms with Crippen molar-refractivity contribution in [3.63, 3.8) is 0 Å². The number of aliphatic carboxylic acids is 1. The number of rotatable bonds is 5. The minimum Gasteiger partial charge on any atom is -0.480 e.